The van der Waals surface area contributed by atoms with Gasteiger partial charge in [0, 0.05) is 17.4 Å². The molecule has 1 aromatic heterocycles. The molecule has 0 bridgehead atoms. The molecule has 7 heteroatoms. The van der Waals surface area contributed by atoms with E-state index in [0.29, 0.717) is 25.1 Å². The van der Waals surface area contributed by atoms with Gasteiger partial charge in [-0.05, 0) is 36.1 Å². The van der Waals surface area contributed by atoms with Crippen molar-refractivity contribution in [3.8, 4) is 0 Å². The molecule has 1 fully saturated rings. The minimum Gasteiger partial charge on any atom is -0.351 e. The number of para-hydroxylation sites is 1. The van der Waals surface area contributed by atoms with Crippen molar-refractivity contribution in [1.29, 1.82) is 0 Å². The monoisotopic (exact) mass is 393 g/mol. The van der Waals surface area contributed by atoms with Crippen LogP contribution in [0.25, 0.3) is 10.9 Å². The number of hydrogen-bond acceptors (Lipinski definition) is 4. The van der Waals surface area contributed by atoms with Gasteiger partial charge < -0.3 is 10.3 Å². The number of H-pyrrole nitrogens is 1. The van der Waals surface area contributed by atoms with E-state index in [2.05, 4.69) is 15.6 Å². The van der Waals surface area contributed by atoms with Crippen LogP contribution < -0.4 is 10.6 Å². The average Bonchev–Trinajstić information content (AvgIpc) is 3.26. The van der Waals surface area contributed by atoms with E-state index in [1.807, 2.05) is 54.6 Å². The van der Waals surface area contributed by atoms with Crippen molar-refractivity contribution in [2.45, 2.75) is 18.1 Å². The van der Waals surface area contributed by atoms with Crippen molar-refractivity contribution in [2.24, 2.45) is 0 Å². The Balaban J connectivity index is 1.28. The van der Waals surface area contributed by atoms with E-state index >= 15 is 0 Å². The summed E-state index contributed by atoms with van der Waals surface area (Å²) < 4.78 is 0. The van der Waals surface area contributed by atoms with E-state index in [-0.39, 0.29) is 22.3 Å². The Labute approximate surface area is 166 Å². The average molecular weight is 393 g/mol. The highest BCUT2D eigenvalue weighted by atomic mass is 32.2. The molecule has 3 aromatic rings. The fourth-order valence-corrected chi connectivity index (χ4v) is 4.05. The first-order valence-electron chi connectivity index (χ1n) is 9.04. The zero-order valence-electron chi connectivity index (χ0n) is 15.0. The van der Waals surface area contributed by atoms with Gasteiger partial charge in [0.1, 0.15) is 5.69 Å². The van der Waals surface area contributed by atoms with Gasteiger partial charge in [0.25, 0.3) is 11.1 Å². The fraction of sp³-hybridized carbons (Fsp3) is 0.190. The third-order valence-corrected chi connectivity index (χ3v) is 5.67. The summed E-state index contributed by atoms with van der Waals surface area (Å²) in [6.45, 7) is 0.531. The summed E-state index contributed by atoms with van der Waals surface area (Å²) in [5.41, 5.74) is 3.60. The first-order chi connectivity index (χ1) is 13.6. The quantitative estimate of drug-likeness (QED) is 0.600. The van der Waals surface area contributed by atoms with E-state index in [1.54, 1.807) is 0 Å². The van der Waals surface area contributed by atoms with Gasteiger partial charge in [-0.2, -0.15) is 0 Å². The zero-order valence-corrected chi connectivity index (χ0v) is 15.8. The van der Waals surface area contributed by atoms with Gasteiger partial charge in [0.15, 0.2) is 0 Å². The van der Waals surface area contributed by atoms with Gasteiger partial charge in [-0.1, -0.05) is 54.2 Å². The number of thioether (sulfide) groups is 1. The Morgan fingerprint density at radius 3 is 2.50 bits per heavy atom. The summed E-state index contributed by atoms with van der Waals surface area (Å²) in [7, 11) is 0. The van der Waals surface area contributed by atoms with Crippen LogP contribution >= 0.6 is 11.8 Å². The highest BCUT2D eigenvalue weighted by molar-refractivity contribution is 8.15. The smallest absolute Gasteiger partial charge is 0.286 e. The number of carbonyl (C=O) groups excluding carboxylic acids is 3. The van der Waals surface area contributed by atoms with Crippen LogP contribution in [0.5, 0.6) is 0 Å². The topological polar surface area (TPSA) is 91.1 Å². The number of amides is 3. The van der Waals surface area contributed by atoms with Gasteiger partial charge in [-0.3, -0.25) is 19.7 Å². The van der Waals surface area contributed by atoms with E-state index in [9.17, 15) is 14.4 Å². The van der Waals surface area contributed by atoms with Crippen molar-refractivity contribution in [3.63, 3.8) is 0 Å². The maximum Gasteiger partial charge on any atom is 0.286 e. The Morgan fingerprint density at radius 2 is 1.79 bits per heavy atom. The summed E-state index contributed by atoms with van der Waals surface area (Å²) in [6.07, 6.45) is 1.24. The molecule has 6 nitrogen and oxygen atoms in total. The van der Waals surface area contributed by atoms with Crippen molar-refractivity contribution in [3.05, 3.63) is 71.4 Å². The number of nitrogens with one attached hydrogen (secondary N) is 3. The van der Waals surface area contributed by atoms with Crippen LogP contribution in [0.15, 0.2) is 54.6 Å². The lowest BCUT2D eigenvalue weighted by Gasteiger charge is -2.07. The fourth-order valence-electron chi connectivity index (χ4n) is 3.20. The summed E-state index contributed by atoms with van der Waals surface area (Å²) in [5.74, 6) is -0.347. The maximum absolute atomic E-state index is 12.3. The number of benzene rings is 2. The minimum atomic E-state index is -0.353. The van der Waals surface area contributed by atoms with Crippen molar-refractivity contribution in [1.82, 2.24) is 15.6 Å². The molecule has 3 N–H and O–H groups in total. The first kappa shape index (κ1) is 18.3. The van der Waals surface area contributed by atoms with Crippen LogP contribution in [-0.2, 0) is 17.6 Å². The predicted octanol–water partition coefficient (Wildman–Crippen LogP) is 3.03. The molecule has 28 heavy (non-hydrogen) atoms. The highest BCUT2D eigenvalue weighted by Gasteiger charge is 2.31. The predicted molar refractivity (Wildman–Crippen MR) is 109 cm³/mol. The highest BCUT2D eigenvalue weighted by Crippen LogP contribution is 2.23. The Morgan fingerprint density at radius 1 is 1.04 bits per heavy atom. The standard InChI is InChI=1S/C21H19N3O3S/c25-19(17-12-15-3-1-2-4-16(15)23-17)22-10-9-13-5-7-14(8-6-13)11-18-20(26)24-21(27)28-18/h1-8,12,18,23H,9-11H2,(H,22,25)(H,24,26,27)/t18-/m0/s1. The molecule has 4 rings (SSSR count). The lowest BCUT2D eigenvalue weighted by Crippen LogP contribution is -2.26. The number of aromatic amines is 1. The lowest BCUT2D eigenvalue weighted by molar-refractivity contribution is -0.118. The molecule has 1 atom stereocenters. The summed E-state index contributed by atoms with van der Waals surface area (Å²) in [4.78, 5) is 38.3. The van der Waals surface area contributed by atoms with Crippen LogP contribution in [0.1, 0.15) is 21.6 Å². The number of carbonyl (C=O) groups is 3. The van der Waals surface area contributed by atoms with Crippen LogP contribution in [0, 0.1) is 0 Å². The molecule has 2 aromatic carbocycles. The second kappa shape index (κ2) is 7.90. The van der Waals surface area contributed by atoms with E-state index in [4.69, 9.17) is 0 Å². The normalized spacial score (nSPS) is 16.4. The van der Waals surface area contributed by atoms with Gasteiger partial charge in [0.2, 0.25) is 5.91 Å². The molecule has 0 unspecified atom stereocenters. The molecular weight excluding hydrogens is 374 g/mol. The maximum atomic E-state index is 12.3. The van der Waals surface area contributed by atoms with E-state index in [1.165, 1.54) is 0 Å². The first-order valence-corrected chi connectivity index (χ1v) is 9.92. The van der Waals surface area contributed by atoms with E-state index < -0.39 is 0 Å². The molecule has 0 radical (unpaired) electrons. The molecule has 0 saturated carbocycles. The van der Waals surface area contributed by atoms with Crippen molar-refractivity contribution < 1.29 is 14.4 Å². The molecule has 1 aliphatic heterocycles. The number of rotatable bonds is 6. The van der Waals surface area contributed by atoms with Crippen LogP contribution in [0.3, 0.4) is 0 Å². The van der Waals surface area contributed by atoms with Gasteiger partial charge in [0.05, 0.1) is 5.25 Å². The van der Waals surface area contributed by atoms with Crippen LogP contribution in [-0.4, -0.2) is 33.8 Å². The van der Waals surface area contributed by atoms with Gasteiger partial charge >= 0.3 is 0 Å². The third-order valence-electron chi connectivity index (χ3n) is 4.68. The van der Waals surface area contributed by atoms with Gasteiger partial charge in [-0.15, -0.1) is 0 Å². The molecule has 2 heterocycles. The second-order valence-corrected chi connectivity index (χ2v) is 7.86. The summed E-state index contributed by atoms with van der Waals surface area (Å²) in [6, 6.07) is 17.5. The number of aromatic nitrogens is 1. The third kappa shape index (κ3) is 4.09. The summed E-state index contributed by atoms with van der Waals surface area (Å²) >= 11 is 1.04. The minimum absolute atomic E-state index is 0.123. The lowest BCUT2D eigenvalue weighted by atomic mass is 10.1. The molecule has 0 spiro atoms. The number of imide groups is 1. The molecular formula is C21H19N3O3S. The Hall–Kier alpha value is -3.06. The SMILES string of the molecule is O=C1NC(=O)[C@H](Cc2ccc(CCNC(=O)c3cc4ccccc4[nH]3)cc2)S1. The Bertz CT molecular complexity index is 1010. The molecule has 142 valence electrons. The molecule has 1 aliphatic rings. The van der Waals surface area contributed by atoms with E-state index in [0.717, 1.165) is 33.8 Å². The van der Waals surface area contributed by atoms with Crippen LogP contribution in [0.2, 0.25) is 0 Å². The molecule has 0 aliphatic carbocycles. The van der Waals surface area contributed by atoms with Gasteiger partial charge in [-0.25, -0.2) is 0 Å². The molecule has 3 amide bonds. The molecule has 1 saturated heterocycles. The summed E-state index contributed by atoms with van der Waals surface area (Å²) in [5, 5.41) is 5.61. The van der Waals surface area contributed by atoms with Crippen molar-refractivity contribution >= 4 is 39.7 Å². The number of fused-ring (bicyclic) bond motifs is 1. The van der Waals surface area contributed by atoms with Crippen molar-refractivity contribution in [2.75, 3.05) is 6.54 Å². The largest absolute Gasteiger partial charge is 0.351 e. The second-order valence-electron chi connectivity index (χ2n) is 6.68. The number of hydrogen-bond donors (Lipinski definition) is 3. The zero-order chi connectivity index (χ0) is 19.5. The Kier molecular flexibility index (Phi) is 5.16. The van der Waals surface area contributed by atoms with Crippen LogP contribution in [0.4, 0.5) is 4.79 Å².